The van der Waals surface area contributed by atoms with Gasteiger partial charge < -0.3 is 20.8 Å². The second-order valence-corrected chi connectivity index (χ2v) is 8.05. The van der Waals surface area contributed by atoms with Gasteiger partial charge in [0.05, 0.1) is 11.4 Å². The van der Waals surface area contributed by atoms with Crippen LogP contribution >= 0.6 is 11.9 Å². The van der Waals surface area contributed by atoms with Gasteiger partial charge in [0.15, 0.2) is 0 Å². The zero-order valence-corrected chi connectivity index (χ0v) is 15.9. The average Bonchev–Trinajstić information content (AvgIpc) is 3.56. The Morgan fingerprint density at radius 1 is 1.17 bits per heavy atom. The van der Waals surface area contributed by atoms with Gasteiger partial charge in [-0.15, -0.1) is 0 Å². The number of hydrogen-bond acceptors (Lipinski definition) is 7. The second-order valence-electron chi connectivity index (χ2n) is 6.94. The highest BCUT2D eigenvalue weighted by Crippen LogP contribution is 2.38. The molecule has 0 saturated heterocycles. The summed E-state index contributed by atoms with van der Waals surface area (Å²) in [5.41, 5.74) is -0.245. The SMILES string of the molecule is N=Cc1c(Nc2ncc(C(F)(F)F)c(NC3CC3)n2)ccc(F)c1NSC1CC1. The molecule has 2 aromatic rings. The van der Waals surface area contributed by atoms with E-state index in [0.717, 1.165) is 38.1 Å². The van der Waals surface area contributed by atoms with E-state index in [9.17, 15) is 17.6 Å². The van der Waals surface area contributed by atoms with Gasteiger partial charge in [-0.25, -0.2) is 9.37 Å². The van der Waals surface area contributed by atoms with Crippen molar-refractivity contribution in [3.05, 3.63) is 35.3 Å². The van der Waals surface area contributed by atoms with Crippen molar-refractivity contribution in [2.75, 3.05) is 15.4 Å². The van der Waals surface area contributed by atoms with Crippen LogP contribution in [0.1, 0.15) is 36.8 Å². The van der Waals surface area contributed by atoms with Gasteiger partial charge in [0, 0.05) is 29.3 Å². The summed E-state index contributed by atoms with van der Waals surface area (Å²) < 4.78 is 56.9. The lowest BCUT2D eigenvalue weighted by Gasteiger charge is -2.16. The summed E-state index contributed by atoms with van der Waals surface area (Å²) in [7, 11) is 0. The van der Waals surface area contributed by atoms with E-state index in [1.807, 2.05) is 0 Å². The predicted octanol–water partition coefficient (Wildman–Crippen LogP) is 5.17. The molecule has 4 rings (SSSR count). The van der Waals surface area contributed by atoms with Crippen LogP contribution < -0.4 is 15.4 Å². The summed E-state index contributed by atoms with van der Waals surface area (Å²) >= 11 is 1.39. The van der Waals surface area contributed by atoms with E-state index in [1.54, 1.807) is 0 Å². The van der Waals surface area contributed by atoms with Crippen molar-refractivity contribution in [1.82, 2.24) is 9.97 Å². The predicted molar refractivity (Wildman–Crippen MR) is 105 cm³/mol. The molecule has 6 nitrogen and oxygen atoms in total. The van der Waals surface area contributed by atoms with Gasteiger partial charge in [0.25, 0.3) is 0 Å². The summed E-state index contributed by atoms with van der Waals surface area (Å²) in [6.07, 6.45) is 0.787. The molecule has 1 aromatic heterocycles. The number of anilines is 4. The zero-order valence-electron chi connectivity index (χ0n) is 15.1. The summed E-state index contributed by atoms with van der Waals surface area (Å²) in [5.74, 6) is -0.887. The molecule has 11 heteroatoms. The molecule has 0 aliphatic heterocycles. The molecular weight excluding hydrogens is 408 g/mol. The molecule has 154 valence electrons. The summed E-state index contributed by atoms with van der Waals surface area (Å²) in [6.45, 7) is 0. The fourth-order valence-corrected chi connectivity index (χ4v) is 3.45. The Bertz CT molecular complexity index is 927. The van der Waals surface area contributed by atoms with E-state index in [1.165, 1.54) is 24.1 Å². The Morgan fingerprint density at radius 2 is 1.93 bits per heavy atom. The van der Waals surface area contributed by atoms with E-state index in [2.05, 4.69) is 25.3 Å². The van der Waals surface area contributed by atoms with Crippen molar-refractivity contribution in [3.63, 3.8) is 0 Å². The lowest BCUT2D eigenvalue weighted by atomic mass is 10.1. The Balaban J connectivity index is 1.62. The van der Waals surface area contributed by atoms with Crippen molar-refractivity contribution in [2.24, 2.45) is 0 Å². The minimum Gasteiger partial charge on any atom is -0.367 e. The minimum atomic E-state index is -4.58. The third-order valence-corrected chi connectivity index (χ3v) is 5.58. The lowest BCUT2D eigenvalue weighted by Crippen LogP contribution is -2.15. The van der Waals surface area contributed by atoms with Crippen LogP contribution in [0.2, 0.25) is 0 Å². The van der Waals surface area contributed by atoms with Gasteiger partial charge in [-0.1, -0.05) is 0 Å². The smallest absolute Gasteiger partial charge is 0.367 e. The largest absolute Gasteiger partial charge is 0.421 e. The van der Waals surface area contributed by atoms with Gasteiger partial charge in [0.1, 0.15) is 17.2 Å². The maximum Gasteiger partial charge on any atom is 0.421 e. The Labute approximate surface area is 168 Å². The van der Waals surface area contributed by atoms with Crippen molar-refractivity contribution in [1.29, 1.82) is 5.41 Å². The van der Waals surface area contributed by atoms with Crippen LogP contribution in [0, 0.1) is 11.2 Å². The standard InChI is InChI=1S/C18H18F4N6S/c19-13-5-6-14(11(7-23)15(13)28-29-10-3-4-10)26-17-24-8-12(18(20,21)22)16(27-17)25-9-1-2-9/h5-10,23,28H,1-4H2,(H2,24,25,26,27). The Hall–Kier alpha value is -2.56. The topological polar surface area (TPSA) is 85.7 Å². The molecule has 2 aliphatic rings. The quantitative estimate of drug-likeness (QED) is 0.265. The monoisotopic (exact) mass is 426 g/mol. The number of rotatable bonds is 8. The summed E-state index contributed by atoms with van der Waals surface area (Å²) in [6, 6.07) is 2.59. The van der Waals surface area contributed by atoms with Crippen LogP contribution in [0.15, 0.2) is 18.3 Å². The maximum atomic E-state index is 14.3. The van der Waals surface area contributed by atoms with E-state index >= 15 is 0 Å². The molecule has 0 amide bonds. The van der Waals surface area contributed by atoms with Gasteiger partial charge in [0.2, 0.25) is 5.95 Å². The second kappa shape index (κ2) is 7.69. The number of halogens is 4. The first-order valence-corrected chi connectivity index (χ1v) is 9.95. The van der Waals surface area contributed by atoms with Crippen molar-refractivity contribution >= 4 is 41.3 Å². The summed E-state index contributed by atoms with van der Waals surface area (Å²) in [5, 5.41) is 13.7. The third kappa shape index (κ3) is 4.72. The van der Waals surface area contributed by atoms with Gasteiger partial charge in [-0.05, 0) is 49.8 Å². The van der Waals surface area contributed by atoms with Gasteiger partial charge in [-0.3, -0.25) is 0 Å². The highest BCUT2D eigenvalue weighted by atomic mass is 32.2. The van der Waals surface area contributed by atoms with Crippen LogP contribution in [-0.2, 0) is 6.18 Å². The number of benzene rings is 1. The van der Waals surface area contributed by atoms with Crippen molar-refractivity contribution in [3.8, 4) is 0 Å². The molecule has 2 saturated carbocycles. The van der Waals surface area contributed by atoms with Crippen LogP contribution in [0.3, 0.4) is 0 Å². The molecular formula is C18H18F4N6S. The number of hydrogen-bond donors (Lipinski definition) is 4. The fourth-order valence-electron chi connectivity index (χ4n) is 2.58. The molecule has 0 unspecified atom stereocenters. The molecule has 2 aliphatic carbocycles. The maximum absolute atomic E-state index is 14.3. The number of aromatic nitrogens is 2. The Kier molecular flexibility index (Phi) is 5.24. The first-order valence-electron chi connectivity index (χ1n) is 9.07. The normalized spacial score (nSPS) is 16.4. The fraction of sp³-hybridized carbons (Fsp3) is 0.389. The lowest BCUT2D eigenvalue weighted by molar-refractivity contribution is -0.137. The number of alkyl halides is 3. The first kappa shape index (κ1) is 19.7. The zero-order chi connectivity index (χ0) is 20.6. The van der Waals surface area contributed by atoms with E-state index < -0.39 is 17.6 Å². The number of nitrogens with zero attached hydrogens (tertiary/aromatic N) is 2. The molecule has 29 heavy (non-hydrogen) atoms. The highest BCUT2D eigenvalue weighted by Gasteiger charge is 2.37. The van der Waals surface area contributed by atoms with E-state index in [0.29, 0.717) is 10.9 Å². The minimum absolute atomic E-state index is 0.0305. The third-order valence-electron chi connectivity index (χ3n) is 4.45. The number of nitrogens with one attached hydrogen (secondary N) is 4. The van der Waals surface area contributed by atoms with Crippen molar-refractivity contribution < 1.29 is 17.6 Å². The van der Waals surface area contributed by atoms with Crippen LogP contribution in [0.4, 0.5) is 40.7 Å². The van der Waals surface area contributed by atoms with Crippen LogP contribution in [0.5, 0.6) is 0 Å². The molecule has 0 radical (unpaired) electrons. The molecule has 1 heterocycles. The first-order chi connectivity index (χ1) is 13.8. The van der Waals surface area contributed by atoms with Crippen molar-refractivity contribution in [2.45, 2.75) is 43.2 Å². The van der Waals surface area contributed by atoms with E-state index in [-0.39, 0.29) is 29.1 Å². The van der Waals surface area contributed by atoms with Gasteiger partial charge >= 0.3 is 6.18 Å². The Morgan fingerprint density at radius 3 is 2.55 bits per heavy atom. The van der Waals surface area contributed by atoms with Crippen LogP contribution in [0.25, 0.3) is 0 Å². The molecule has 4 N–H and O–H groups in total. The van der Waals surface area contributed by atoms with Crippen LogP contribution in [-0.4, -0.2) is 27.5 Å². The molecule has 0 spiro atoms. The average molecular weight is 426 g/mol. The van der Waals surface area contributed by atoms with Gasteiger partial charge in [-0.2, -0.15) is 18.2 Å². The molecule has 0 atom stereocenters. The summed E-state index contributed by atoms with van der Waals surface area (Å²) in [4.78, 5) is 7.74. The highest BCUT2D eigenvalue weighted by molar-refractivity contribution is 8.01. The molecule has 0 bridgehead atoms. The molecule has 1 aromatic carbocycles. The van der Waals surface area contributed by atoms with E-state index in [4.69, 9.17) is 5.41 Å². The molecule has 2 fully saturated rings.